The van der Waals surface area contributed by atoms with Gasteiger partial charge in [-0.15, -0.1) is 0 Å². The fourth-order valence-corrected chi connectivity index (χ4v) is 5.40. The van der Waals surface area contributed by atoms with Gasteiger partial charge in [0.25, 0.3) is 5.91 Å². The Balaban J connectivity index is 1.37. The van der Waals surface area contributed by atoms with Gasteiger partial charge in [-0.25, -0.2) is 0 Å². The van der Waals surface area contributed by atoms with E-state index in [-0.39, 0.29) is 30.5 Å². The SMILES string of the molecule is C=C(NCc1ccc(C(=O)NC2CCC(C(F)(F)F)CC2)cc1)c1cccc(-c2cc(O)c(=C\CC)/c(=C\C=C/C)c2)c1. The third-order valence-electron chi connectivity index (χ3n) is 7.86. The van der Waals surface area contributed by atoms with E-state index < -0.39 is 12.1 Å². The molecule has 1 aliphatic carbocycles. The van der Waals surface area contributed by atoms with Crippen molar-refractivity contribution in [3.05, 3.63) is 107 Å². The summed E-state index contributed by atoms with van der Waals surface area (Å²) in [6.45, 7) is 8.70. The lowest BCUT2D eigenvalue weighted by molar-refractivity contribution is -0.182. The molecule has 7 heteroatoms. The van der Waals surface area contributed by atoms with Crippen LogP contribution in [0.15, 0.2) is 79.4 Å². The smallest absolute Gasteiger partial charge is 0.391 e. The minimum Gasteiger partial charge on any atom is -0.507 e. The van der Waals surface area contributed by atoms with Crippen LogP contribution >= 0.6 is 0 Å². The van der Waals surface area contributed by atoms with Gasteiger partial charge in [0.2, 0.25) is 0 Å². The molecular formula is C36H39F3N2O2. The van der Waals surface area contributed by atoms with E-state index in [1.165, 1.54) is 0 Å². The molecule has 226 valence electrons. The minimum atomic E-state index is -4.16. The van der Waals surface area contributed by atoms with Crippen LogP contribution in [-0.2, 0) is 6.54 Å². The van der Waals surface area contributed by atoms with Crippen molar-refractivity contribution < 1.29 is 23.1 Å². The molecule has 0 saturated heterocycles. The maximum atomic E-state index is 12.9. The number of aromatic hydroxyl groups is 1. The lowest BCUT2D eigenvalue weighted by Gasteiger charge is -2.30. The van der Waals surface area contributed by atoms with Gasteiger partial charge in [0, 0.05) is 29.1 Å². The number of hydrogen-bond acceptors (Lipinski definition) is 3. The Bertz CT molecular complexity index is 1580. The van der Waals surface area contributed by atoms with Crippen molar-refractivity contribution in [3.63, 3.8) is 0 Å². The predicted molar refractivity (Wildman–Crippen MR) is 168 cm³/mol. The van der Waals surface area contributed by atoms with E-state index in [0.29, 0.717) is 24.9 Å². The summed E-state index contributed by atoms with van der Waals surface area (Å²) in [5.41, 5.74) is 4.94. The Kier molecular flexibility index (Phi) is 10.5. The molecule has 3 N–H and O–H groups in total. The van der Waals surface area contributed by atoms with Gasteiger partial charge in [0.05, 0.1) is 5.92 Å². The number of carbonyl (C=O) groups is 1. The van der Waals surface area contributed by atoms with E-state index in [4.69, 9.17) is 0 Å². The van der Waals surface area contributed by atoms with Crippen LogP contribution in [0, 0.1) is 5.92 Å². The van der Waals surface area contributed by atoms with Gasteiger partial charge in [-0.05, 0) is 96.8 Å². The van der Waals surface area contributed by atoms with E-state index in [1.807, 2.05) is 74.5 Å². The van der Waals surface area contributed by atoms with Gasteiger partial charge in [0.15, 0.2) is 0 Å². The van der Waals surface area contributed by atoms with Crippen molar-refractivity contribution in [2.45, 2.75) is 64.7 Å². The second-order valence-electron chi connectivity index (χ2n) is 11.0. The molecule has 0 aliphatic heterocycles. The molecule has 4 nitrogen and oxygen atoms in total. The van der Waals surface area contributed by atoms with Gasteiger partial charge in [0.1, 0.15) is 5.75 Å². The molecular weight excluding hydrogens is 549 g/mol. The fourth-order valence-electron chi connectivity index (χ4n) is 5.40. The molecule has 0 atom stereocenters. The zero-order valence-electron chi connectivity index (χ0n) is 24.7. The van der Waals surface area contributed by atoms with E-state index in [9.17, 15) is 23.1 Å². The average Bonchev–Trinajstić information content (AvgIpc) is 3.00. The number of nitrogens with one attached hydrogen (secondary N) is 2. The molecule has 1 saturated carbocycles. The summed E-state index contributed by atoms with van der Waals surface area (Å²) in [5, 5.41) is 18.8. The second-order valence-corrected chi connectivity index (χ2v) is 11.0. The summed E-state index contributed by atoms with van der Waals surface area (Å²) < 4.78 is 38.7. The number of amides is 1. The van der Waals surface area contributed by atoms with Crippen molar-refractivity contribution in [2.75, 3.05) is 0 Å². The molecule has 0 unspecified atom stereocenters. The molecule has 3 aromatic carbocycles. The van der Waals surface area contributed by atoms with E-state index in [2.05, 4.69) is 23.3 Å². The molecule has 43 heavy (non-hydrogen) atoms. The van der Waals surface area contributed by atoms with Crippen molar-refractivity contribution in [2.24, 2.45) is 5.92 Å². The summed E-state index contributed by atoms with van der Waals surface area (Å²) in [6, 6.07) is 18.7. The molecule has 0 bridgehead atoms. The number of hydrogen-bond donors (Lipinski definition) is 3. The van der Waals surface area contributed by atoms with Crippen LogP contribution in [0.1, 0.15) is 67.4 Å². The van der Waals surface area contributed by atoms with E-state index >= 15 is 0 Å². The number of phenols is 1. The van der Waals surface area contributed by atoms with Crippen LogP contribution in [0.2, 0.25) is 0 Å². The summed E-state index contributed by atoms with van der Waals surface area (Å²) in [6.07, 6.45) is 5.34. The Morgan fingerprint density at radius 3 is 2.37 bits per heavy atom. The molecule has 1 amide bonds. The molecule has 3 aromatic rings. The van der Waals surface area contributed by atoms with Crippen molar-refractivity contribution >= 4 is 23.8 Å². The Morgan fingerprint density at radius 1 is 1.00 bits per heavy atom. The van der Waals surface area contributed by atoms with Crippen LogP contribution in [0.5, 0.6) is 5.75 Å². The van der Waals surface area contributed by atoms with Gasteiger partial charge < -0.3 is 15.7 Å². The molecule has 0 spiro atoms. The monoisotopic (exact) mass is 588 g/mol. The fraction of sp³-hybridized carbons (Fsp3) is 0.306. The highest BCUT2D eigenvalue weighted by molar-refractivity contribution is 5.94. The Labute approximate surface area is 251 Å². The number of carbonyl (C=O) groups excluding carboxylic acids is 1. The first-order chi connectivity index (χ1) is 20.6. The highest BCUT2D eigenvalue weighted by Crippen LogP contribution is 2.37. The molecule has 0 heterocycles. The van der Waals surface area contributed by atoms with Gasteiger partial charge in [-0.3, -0.25) is 4.79 Å². The van der Waals surface area contributed by atoms with Gasteiger partial charge >= 0.3 is 6.18 Å². The zero-order valence-corrected chi connectivity index (χ0v) is 24.7. The Morgan fingerprint density at radius 2 is 1.72 bits per heavy atom. The van der Waals surface area contributed by atoms with Crippen molar-refractivity contribution in [1.29, 1.82) is 0 Å². The first-order valence-electron chi connectivity index (χ1n) is 14.7. The number of phenolic OH excluding ortho intramolecular Hbond substituents is 1. The normalized spacial score (nSPS) is 18.2. The standard InChI is InChI=1S/C36H39F3N2O2/c1-4-6-9-29-21-30(22-34(42)33(29)8-5-2)28-11-7-10-27(20-28)24(3)40-23-25-12-14-26(15-13-25)35(43)41-32-18-16-31(17-19-32)36(37,38)39/h4,6-15,20-22,31-32,40,42H,3,5,16-19,23H2,1-2H3,(H,41,43)/b6-4-,29-9-,33-8-. The largest absolute Gasteiger partial charge is 0.507 e. The molecule has 0 aromatic heterocycles. The highest BCUT2D eigenvalue weighted by Gasteiger charge is 2.41. The third kappa shape index (κ3) is 8.40. The van der Waals surface area contributed by atoms with E-state index in [1.54, 1.807) is 18.2 Å². The number of halogens is 3. The lowest BCUT2D eigenvalue weighted by Crippen LogP contribution is -2.40. The van der Waals surface area contributed by atoms with Crippen LogP contribution in [0.4, 0.5) is 13.2 Å². The van der Waals surface area contributed by atoms with E-state index in [0.717, 1.165) is 44.8 Å². The first kappa shape index (κ1) is 31.7. The third-order valence-corrected chi connectivity index (χ3v) is 7.86. The van der Waals surface area contributed by atoms with Gasteiger partial charge in [-0.1, -0.05) is 68.1 Å². The minimum absolute atomic E-state index is 0.0501. The predicted octanol–water partition coefficient (Wildman–Crippen LogP) is 7.22. The van der Waals surface area contributed by atoms with Crippen molar-refractivity contribution in [3.8, 4) is 16.9 Å². The number of allylic oxidation sites excluding steroid dienone is 2. The summed E-state index contributed by atoms with van der Waals surface area (Å²) in [4.78, 5) is 12.7. The number of alkyl halides is 3. The maximum absolute atomic E-state index is 12.9. The summed E-state index contributed by atoms with van der Waals surface area (Å²) in [5.74, 6) is -1.30. The molecule has 4 rings (SSSR count). The maximum Gasteiger partial charge on any atom is 0.391 e. The van der Waals surface area contributed by atoms with Crippen LogP contribution in [0.25, 0.3) is 29.0 Å². The summed E-state index contributed by atoms with van der Waals surface area (Å²) >= 11 is 0. The quantitative estimate of drug-likeness (QED) is 0.247. The summed E-state index contributed by atoms with van der Waals surface area (Å²) in [7, 11) is 0. The van der Waals surface area contributed by atoms with Crippen LogP contribution < -0.4 is 21.1 Å². The average molecular weight is 589 g/mol. The molecule has 1 fully saturated rings. The lowest BCUT2D eigenvalue weighted by atomic mass is 9.85. The number of benzene rings is 3. The first-order valence-corrected chi connectivity index (χ1v) is 14.7. The molecule has 0 radical (unpaired) electrons. The topological polar surface area (TPSA) is 61.4 Å². The zero-order chi connectivity index (χ0) is 31.0. The van der Waals surface area contributed by atoms with Crippen molar-refractivity contribution in [1.82, 2.24) is 10.6 Å². The van der Waals surface area contributed by atoms with Gasteiger partial charge in [-0.2, -0.15) is 13.2 Å². The highest BCUT2D eigenvalue weighted by atomic mass is 19.4. The second kappa shape index (κ2) is 14.3. The van der Waals surface area contributed by atoms with Crippen LogP contribution in [0.3, 0.4) is 0 Å². The molecule has 1 aliphatic rings. The number of rotatable bonds is 9. The van der Waals surface area contributed by atoms with Crippen LogP contribution in [-0.4, -0.2) is 23.2 Å². The Hall–Kier alpha value is -4.26.